The van der Waals surface area contributed by atoms with Gasteiger partial charge in [-0.2, -0.15) is 0 Å². The molecule has 4 nitrogen and oxygen atoms in total. The van der Waals surface area contributed by atoms with Gasteiger partial charge in [-0.1, -0.05) is 56.1 Å². The number of anilines is 1. The zero-order chi connectivity index (χ0) is 18.6. The molecule has 0 aliphatic heterocycles. The van der Waals surface area contributed by atoms with E-state index in [0.717, 1.165) is 5.56 Å². The van der Waals surface area contributed by atoms with Crippen molar-refractivity contribution in [3.05, 3.63) is 52.0 Å². The summed E-state index contributed by atoms with van der Waals surface area (Å²) >= 11 is 12.1. The van der Waals surface area contributed by atoms with Crippen LogP contribution < -0.4 is 14.8 Å². The number of amides is 1. The maximum Gasteiger partial charge on any atom is 0.262 e. The summed E-state index contributed by atoms with van der Waals surface area (Å²) in [5.74, 6) is 0.536. The van der Waals surface area contributed by atoms with Crippen LogP contribution in [0.3, 0.4) is 0 Å². The van der Waals surface area contributed by atoms with Crippen molar-refractivity contribution in [2.24, 2.45) is 0 Å². The van der Waals surface area contributed by atoms with Gasteiger partial charge in [0.25, 0.3) is 5.91 Å². The Labute approximate surface area is 158 Å². The smallest absolute Gasteiger partial charge is 0.262 e. The van der Waals surface area contributed by atoms with Crippen LogP contribution >= 0.6 is 23.2 Å². The van der Waals surface area contributed by atoms with Crippen LogP contribution in [0.15, 0.2) is 36.4 Å². The second kappa shape index (κ2) is 7.98. The van der Waals surface area contributed by atoms with Gasteiger partial charge in [0.05, 0.1) is 22.8 Å². The van der Waals surface area contributed by atoms with Gasteiger partial charge in [-0.05, 0) is 35.2 Å². The molecule has 0 unspecified atom stereocenters. The van der Waals surface area contributed by atoms with Crippen LogP contribution in [0.4, 0.5) is 5.69 Å². The van der Waals surface area contributed by atoms with Crippen LogP contribution in [0.1, 0.15) is 26.3 Å². The molecule has 0 aliphatic rings. The first-order valence-electron chi connectivity index (χ1n) is 7.77. The van der Waals surface area contributed by atoms with E-state index in [1.165, 1.54) is 0 Å². The Morgan fingerprint density at radius 3 is 2.32 bits per heavy atom. The second-order valence-corrected chi connectivity index (χ2v) is 7.37. The van der Waals surface area contributed by atoms with Crippen molar-refractivity contribution in [1.82, 2.24) is 0 Å². The molecule has 25 heavy (non-hydrogen) atoms. The number of ether oxygens (including phenoxy) is 2. The van der Waals surface area contributed by atoms with Crippen molar-refractivity contribution in [2.75, 3.05) is 19.0 Å². The lowest BCUT2D eigenvalue weighted by Crippen LogP contribution is -2.21. The summed E-state index contributed by atoms with van der Waals surface area (Å²) in [6.07, 6.45) is 0. The number of hydrogen-bond donors (Lipinski definition) is 1. The third kappa shape index (κ3) is 5.03. The van der Waals surface area contributed by atoms with E-state index >= 15 is 0 Å². The van der Waals surface area contributed by atoms with Crippen LogP contribution in [0.5, 0.6) is 11.5 Å². The van der Waals surface area contributed by atoms with E-state index < -0.39 is 0 Å². The highest BCUT2D eigenvalue weighted by molar-refractivity contribution is 6.37. The monoisotopic (exact) mass is 381 g/mol. The number of carbonyl (C=O) groups is 1. The standard InChI is InChI=1S/C19H21Cl2NO3/c1-19(2,3)12-8-9-16(24-4)15(10-12)22-17(23)11-25-18-13(20)6-5-7-14(18)21/h5-10H,11H2,1-4H3,(H,22,23). The molecule has 0 aromatic heterocycles. The van der Waals surface area contributed by atoms with Crippen LogP contribution in [0, 0.1) is 0 Å². The number of carbonyl (C=O) groups excluding carboxylic acids is 1. The summed E-state index contributed by atoms with van der Waals surface area (Å²) in [7, 11) is 1.56. The summed E-state index contributed by atoms with van der Waals surface area (Å²) < 4.78 is 10.8. The summed E-state index contributed by atoms with van der Waals surface area (Å²) in [4.78, 5) is 12.3. The van der Waals surface area contributed by atoms with Gasteiger partial charge in [0.2, 0.25) is 0 Å². The Balaban J connectivity index is 2.12. The fraction of sp³-hybridized carbons (Fsp3) is 0.316. The van der Waals surface area contributed by atoms with E-state index in [4.69, 9.17) is 32.7 Å². The minimum atomic E-state index is -0.333. The molecule has 2 rings (SSSR count). The third-order valence-electron chi connectivity index (χ3n) is 3.61. The first-order chi connectivity index (χ1) is 11.7. The molecule has 0 atom stereocenters. The lowest BCUT2D eigenvalue weighted by Gasteiger charge is -2.21. The lowest BCUT2D eigenvalue weighted by atomic mass is 9.87. The van der Waals surface area contributed by atoms with E-state index in [2.05, 4.69) is 26.1 Å². The highest BCUT2D eigenvalue weighted by Gasteiger charge is 2.17. The molecule has 1 N–H and O–H groups in total. The lowest BCUT2D eigenvalue weighted by molar-refractivity contribution is -0.118. The topological polar surface area (TPSA) is 47.6 Å². The van der Waals surface area contributed by atoms with Crippen molar-refractivity contribution in [2.45, 2.75) is 26.2 Å². The van der Waals surface area contributed by atoms with Crippen molar-refractivity contribution >= 4 is 34.8 Å². The normalized spacial score (nSPS) is 11.1. The highest BCUT2D eigenvalue weighted by Crippen LogP contribution is 2.33. The van der Waals surface area contributed by atoms with E-state index in [9.17, 15) is 4.79 Å². The quantitative estimate of drug-likeness (QED) is 0.762. The maximum absolute atomic E-state index is 12.3. The average molecular weight is 382 g/mol. The predicted octanol–water partition coefficient (Wildman–Crippen LogP) is 5.32. The molecule has 0 heterocycles. The minimum absolute atomic E-state index is 0.0483. The van der Waals surface area contributed by atoms with E-state index in [1.54, 1.807) is 25.3 Å². The Bertz CT molecular complexity index is 749. The molecule has 0 aliphatic carbocycles. The first kappa shape index (κ1) is 19.4. The molecular formula is C19H21Cl2NO3. The zero-order valence-electron chi connectivity index (χ0n) is 14.7. The second-order valence-electron chi connectivity index (χ2n) is 6.55. The number of para-hydroxylation sites is 1. The van der Waals surface area contributed by atoms with Crippen molar-refractivity contribution in [1.29, 1.82) is 0 Å². The van der Waals surface area contributed by atoms with Gasteiger partial charge in [0, 0.05) is 0 Å². The molecule has 6 heteroatoms. The summed E-state index contributed by atoms with van der Waals surface area (Å²) in [6.45, 7) is 6.08. The van der Waals surface area contributed by atoms with E-state index in [-0.39, 0.29) is 23.7 Å². The molecule has 134 valence electrons. The number of rotatable bonds is 5. The van der Waals surface area contributed by atoms with Gasteiger partial charge in [-0.3, -0.25) is 4.79 Å². The Hall–Kier alpha value is -1.91. The first-order valence-corrected chi connectivity index (χ1v) is 8.53. The molecule has 0 saturated heterocycles. The van der Waals surface area contributed by atoms with Crippen LogP contribution in [-0.2, 0) is 10.2 Å². The Morgan fingerprint density at radius 1 is 1.12 bits per heavy atom. The van der Waals surface area contributed by atoms with Crippen molar-refractivity contribution < 1.29 is 14.3 Å². The molecule has 0 saturated carbocycles. The van der Waals surface area contributed by atoms with E-state index in [0.29, 0.717) is 21.5 Å². The predicted molar refractivity (Wildman–Crippen MR) is 102 cm³/mol. The average Bonchev–Trinajstić information content (AvgIpc) is 2.53. The number of hydrogen-bond acceptors (Lipinski definition) is 3. The van der Waals surface area contributed by atoms with Gasteiger partial charge in [-0.25, -0.2) is 0 Å². The van der Waals surface area contributed by atoms with Crippen molar-refractivity contribution in [3.63, 3.8) is 0 Å². The Morgan fingerprint density at radius 2 is 1.76 bits per heavy atom. The number of methoxy groups -OCH3 is 1. The largest absolute Gasteiger partial charge is 0.495 e. The van der Waals surface area contributed by atoms with Crippen LogP contribution in [0.2, 0.25) is 10.0 Å². The maximum atomic E-state index is 12.3. The molecule has 0 bridgehead atoms. The van der Waals surface area contributed by atoms with Gasteiger partial charge in [0.15, 0.2) is 12.4 Å². The highest BCUT2D eigenvalue weighted by atomic mass is 35.5. The van der Waals surface area contributed by atoms with Gasteiger partial charge < -0.3 is 14.8 Å². The molecular weight excluding hydrogens is 361 g/mol. The van der Waals surface area contributed by atoms with Gasteiger partial charge in [-0.15, -0.1) is 0 Å². The fourth-order valence-electron chi connectivity index (χ4n) is 2.22. The molecule has 0 radical (unpaired) electrons. The molecule has 0 spiro atoms. The van der Waals surface area contributed by atoms with Gasteiger partial charge >= 0.3 is 0 Å². The van der Waals surface area contributed by atoms with Crippen LogP contribution in [-0.4, -0.2) is 19.6 Å². The summed E-state index contributed by atoms with van der Waals surface area (Å²) in [6, 6.07) is 10.7. The third-order valence-corrected chi connectivity index (χ3v) is 4.20. The number of halogens is 2. The molecule has 2 aromatic rings. The van der Waals surface area contributed by atoms with E-state index in [1.807, 2.05) is 18.2 Å². The van der Waals surface area contributed by atoms with Gasteiger partial charge in [0.1, 0.15) is 5.75 Å². The summed E-state index contributed by atoms with van der Waals surface area (Å²) in [5, 5.41) is 3.52. The zero-order valence-corrected chi connectivity index (χ0v) is 16.2. The molecule has 2 aromatic carbocycles. The number of nitrogens with one attached hydrogen (secondary N) is 1. The molecule has 1 amide bonds. The van der Waals surface area contributed by atoms with Crippen molar-refractivity contribution in [3.8, 4) is 11.5 Å². The minimum Gasteiger partial charge on any atom is -0.495 e. The Kier molecular flexibility index (Phi) is 6.20. The molecule has 0 fully saturated rings. The fourth-order valence-corrected chi connectivity index (χ4v) is 2.72. The van der Waals surface area contributed by atoms with Crippen LogP contribution in [0.25, 0.3) is 0 Å². The number of benzene rings is 2. The summed E-state index contributed by atoms with van der Waals surface area (Å²) in [5.41, 5.74) is 1.63. The SMILES string of the molecule is COc1ccc(C(C)(C)C)cc1NC(=O)COc1c(Cl)cccc1Cl.